The zero-order chi connectivity index (χ0) is 12.9. The van der Waals surface area contributed by atoms with E-state index in [1.165, 1.54) is 0 Å². The molecule has 0 saturated carbocycles. The van der Waals surface area contributed by atoms with Gasteiger partial charge in [-0.25, -0.2) is 0 Å². The first-order valence-corrected chi connectivity index (χ1v) is 6.55. The Bertz CT molecular complexity index is 439. The highest BCUT2D eigenvalue weighted by Gasteiger charge is 2.12. The van der Waals surface area contributed by atoms with E-state index in [1.54, 1.807) is 31.7 Å². The number of ketones is 1. The van der Waals surface area contributed by atoms with Gasteiger partial charge in [0.1, 0.15) is 5.60 Å². The molecule has 1 atom stereocenters. The third-order valence-corrected chi connectivity index (χ3v) is 2.82. The summed E-state index contributed by atoms with van der Waals surface area (Å²) in [6.07, 6.45) is 11.4. The topological polar surface area (TPSA) is 37.3 Å². The molecule has 0 spiro atoms. The third-order valence-electron chi connectivity index (χ3n) is 2.08. The minimum absolute atomic E-state index is 0.199. The number of Topliss-reactive ketones (excluding diaryl/α,β-unsaturated/α-hetero) is 1. The van der Waals surface area contributed by atoms with Gasteiger partial charge in [0.25, 0.3) is 0 Å². The van der Waals surface area contributed by atoms with E-state index in [-0.39, 0.29) is 11.7 Å². The van der Waals surface area contributed by atoms with Crippen LogP contribution in [0.2, 0.25) is 0 Å². The first kappa shape index (κ1) is 13.8. The number of carbonyl (C=O) groups excluding carboxylic acids is 1. The van der Waals surface area contributed by atoms with Gasteiger partial charge < -0.3 is 5.11 Å². The summed E-state index contributed by atoms with van der Waals surface area (Å²) in [5.74, 6) is 4.49. The molecule has 1 N–H and O–H groups in total. The van der Waals surface area contributed by atoms with Crippen LogP contribution in [-0.2, 0) is 4.79 Å². The normalized spacial score (nSPS) is 19.1. The first-order chi connectivity index (χ1) is 7.92. The van der Waals surface area contributed by atoms with Crippen molar-refractivity contribution in [2.45, 2.75) is 19.4 Å². The molecule has 0 aromatic heterocycles. The van der Waals surface area contributed by atoms with Gasteiger partial charge in [-0.2, -0.15) is 0 Å². The minimum atomic E-state index is -1.13. The van der Waals surface area contributed by atoms with E-state index in [1.807, 2.05) is 30.6 Å². The van der Waals surface area contributed by atoms with Crippen LogP contribution in [0.4, 0.5) is 0 Å². The molecule has 0 bridgehead atoms. The standard InChI is InChI=1S/C14H16O2S/c1-14(2,16)10-9-13(15)11-5-4-6-12(17-3)8-7-11/h4-8,11,16H,1-3H3. The van der Waals surface area contributed by atoms with E-state index in [0.717, 1.165) is 4.91 Å². The van der Waals surface area contributed by atoms with Gasteiger partial charge in [-0.3, -0.25) is 4.79 Å². The summed E-state index contributed by atoms with van der Waals surface area (Å²) in [6, 6.07) is 0. The minimum Gasteiger partial charge on any atom is -0.378 e. The first-order valence-electron chi connectivity index (χ1n) is 5.32. The van der Waals surface area contributed by atoms with Gasteiger partial charge in [-0.15, -0.1) is 11.8 Å². The van der Waals surface area contributed by atoms with Crippen molar-refractivity contribution in [2.75, 3.05) is 6.26 Å². The maximum Gasteiger partial charge on any atom is 0.216 e. The highest BCUT2D eigenvalue weighted by atomic mass is 32.2. The van der Waals surface area contributed by atoms with E-state index in [4.69, 9.17) is 0 Å². The number of carbonyl (C=O) groups is 1. The number of allylic oxidation sites excluding steroid dienone is 5. The van der Waals surface area contributed by atoms with Gasteiger partial charge in [-0.05, 0) is 32.1 Å². The molecule has 0 aliphatic heterocycles. The van der Waals surface area contributed by atoms with Crippen molar-refractivity contribution in [3.05, 3.63) is 35.3 Å². The largest absolute Gasteiger partial charge is 0.378 e. The number of aliphatic hydroxyl groups is 1. The Morgan fingerprint density at radius 3 is 2.76 bits per heavy atom. The van der Waals surface area contributed by atoms with E-state index in [0.29, 0.717) is 0 Å². The predicted octanol–water partition coefficient (Wildman–Crippen LogP) is 2.32. The zero-order valence-corrected chi connectivity index (χ0v) is 11.0. The fourth-order valence-corrected chi connectivity index (χ4v) is 1.63. The van der Waals surface area contributed by atoms with E-state index in [2.05, 4.69) is 11.8 Å². The molecule has 0 heterocycles. The Kier molecular flexibility index (Phi) is 4.80. The number of hydrogen-bond donors (Lipinski definition) is 1. The van der Waals surface area contributed by atoms with Crippen LogP contribution in [0.1, 0.15) is 13.8 Å². The van der Waals surface area contributed by atoms with Crippen LogP contribution in [0, 0.1) is 17.8 Å². The van der Waals surface area contributed by atoms with Gasteiger partial charge in [-0.1, -0.05) is 30.2 Å². The fraction of sp³-hybridized carbons (Fsp3) is 0.357. The van der Waals surface area contributed by atoms with Crippen LogP contribution in [0.5, 0.6) is 0 Å². The summed E-state index contributed by atoms with van der Waals surface area (Å²) in [4.78, 5) is 12.9. The molecule has 0 radical (unpaired) electrons. The zero-order valence-electron chi connectivity index (χ0n) is 10.2. The Morgan fingerprint density at radius 1 is 1.47 bits per heavy atom. The highest BCUT2D eigenvalue weighted by Crippen LogP contribution is 2.18. The summed E-state index contributed by atoms with van der Waals surface area (Å²) in [5, 5.41) is 9.43. The van der Waals surface area contributed by atoms with Crippen molar-refractivity contribution in [1.82, 2.24) is 0 Å². The van der Waals surface area contributed by atoms with Gasteiger partial charge in [0.2, 0.25) is 5.78 Å². The lowest BCUT2D eigenvalue weighted by molar-refractivity contribution is -0.115. The van der Waals surface area contributed by atoms with Gasteiger partial charge in [0.15, 0.2) is 0 Å². The van der Waals surface area contributed by atoms with Crippen LogP contribution >= 0.6 is 11.8 Å². The molecule has 0 aromatic carbocycles. The maximum atomic E-state index is 11.8. The van der Waals surface area contributed by atoms with Crippen molar-refractivity contribution in [3.8, 4) is 11.8 Å². The lowest BCUT2D eigenvalue weighted by Gasteiger charge is -2.06. The fourth-order valence-electron chi connectivity index (χ4n) is 1.20. The Balaban J connectivity index is 2.76. The van der Waals surface area contributed by atoms with E-state index in [9.17, 15) is 9.90 Å². The molecule has 90 valence electrons. The smallest absolute Gasteiger partial charge is 0.216 e. The molecule has 1 aliphatic carbocycles. The van der Waals surface area contributed by atoms with Crippen molar-refractivity contribution in [1.29, 1.82) is 0 Å². The third kappa shape index (κ3) is 5.08. The molecular weight excluding hydrogens is 232 g/mol. The molecule has 3 heteroatoms. The van der Waals surface area contributed by atoms with Crippen LogP contribution in [0.25, 0.3) is 0 Å². The summed E-state index contributed by atoms with van der Waals surface area (Å²) in [7, 11) is 0. The average molecular weight is 248 g/mol. The van der Waals surface area contributed by atoms with E-state index < -0.39 is 5.60 Å². The molecule has 17 heavy (non-hydrogen) atoms. The summed E-state index contributed by atoms with van der Waals surface area (Å²) in [5.41, 5.74) is -1.13. The summed E-state index contributed by atoms with van der Waals surface area (Å²) >= 11 is 1.63. The molecule has 0 aromatic rings. The molecule has 1 aliphatic rings. The molecule has 1 unspecified atom stereocenters. The van der Waals surface area contributed by atoms with Gasteiger partial charge >= 0.3 is 0 Å². The molecule has 0 saturated heterocycles. The molecule has 1 rings (SSSR count). The number of rotatable bonds is 2. The Labute approximate surface area is 106 Å². The van der Waals surface area contributed by atoms with Crippen molar-refractivity contribution >= 4 is 17.5 Å². The van der Waals surface area contributed by atoms with Gasteiger partial charge in [0, 0.05) is 4.91 Å². The van der Waals surface area contributed by atoms with Crippen LogP contribution in [-0.4, -0.2) is 22.7 Å². The summed E-state index contributed by atoms with van der Waals surface area (Å²) < 4.78 is 0. The molecule has 2 nitrogen and oxygen atoms in total. The van der Waals surface area contributed by atoms with Crippen LogP contribution in [0.3, 0.4) is 0 Å². The van der Waals surface area contributed by atoms with Crippen molar-refractivity contribution in [2.24, 2.45) is 5.92 Å². The molecule has 0 fully saturated rings. The second-order valence-electron chi connectivity index (χ2n) is 4.22. The van der Waals surface area contributed by atoms with Crippen LogP contribution < -0.4 is 0 Å². The monoisotopic (exact) mass is 248 g/mol. The lowest BCUT2D eigenvalue weighted by atomic mass is 10.0. The summed E-state index contributed by atoms with van der Waals surface area (Å²) in [6.45, 7) is 3.11. The maximum absolute atomic E-state index is 11.8. The highest BCUT2D eigenvalue weighted by molar-refractivity contribution is 8.02. The van der Waals surface area contributed by atoms with Crippen molar-refractivity contribution < 1.29 is 9.90 Å². The van der Waals surface area contributed by atoms with Gasteiger partial charge in [0.05, 0.1) is 5.92 Å². The number of hydrogen-bond acceptors (Lipinski definition) is 3. The SMILES string of the molecule is CSC1=CC=CC(C(=O)C#CC(C)(C)O)C=C1. The Morgan fingerprint density at radius 2 is 2.18 bits per heavy atom. The quantitative estimate of drug-likeness (QED) is 0.602. The van der Waals surface area contributed by atoms with Crippen LogP contribution in [0.15, 0.2) is 35.3 Å². The second kappa shape index (κ2) is 5.90. The molecule has 0 amide bonds. The average Bonchev–Trinajstić information content (AvgIpc) is 2.49. The lowest BCUT2D eigenvalue weighted by Crippen LogP contribution is -2.16. The Hall–Kier alpha value is -1.24. The number of thioether (sulfide) groups is 1. The molecular formula is C14H16O2S. The van der Waals surface area contributed by atoms with Crippen molar-refractivity contribution in [3.63, 3.8) is 0 Å². The second-order valence-corrected chi connectivity index (χ2v) is 5.10. The van der Waals surface area contributed by atoms with E-state index >= 15 is 0 Å². The predicted molar refractivity (Wildman–Crippen MR) is 72.4 cm³/mol.